The highest BCUT2D eigenvalue weighted by Crippen LogP contribution is 2.14. The first-order valence-electron chi connectivity index (χ1n) is 11.0. The molecule has 158 valence electrons. The highest BCUT2D eigenvalue weighted by atomic mass is 16.5. The molecule has 1 unspecified atom stereocenters. The third-order valence-corrected chi connectivity index (χ3v) is 5.22. The molecule has 2 N–H and O–H groups in total. The minimum absolute atomic E-state index is 0.301. The Kier molecular flexibility index (Phi) is 9.03. The Morgan fingerprint density at radius 1 is 1.25 bits per heavy atom. The molecule has 0 aliphatic carbocycles. The van der Waals surface area contributed by atoms with Crippen LogP contribution < -0.4 is 10.6 Å². The Hall–Kier alpha value is -1.67. The summed E-state index contributed by atoms with van der Waals surface area (Å²) in [6, 6.07) is 0. The number of ether oxygens (including phenoxy) is 2. The zero-order valence-corrected chi connectivity index (χ0v) is 17.3. The molecule has 0 radical (unpaired) electrons. The minimum atomic E-state index is 0.301. The average Bonchev–Trinajstić information content (AvgIpc) is 3.29. The van der Waals surface area contributed by atoms with E-state index in [1.807, 2.05) is 0 Å². The molecule has 2 aliphatic heterocycles. The summed E-state index contributed by atoms with van der Waals surface area (Å²) >= 11 is 0. The lowest BCUT2D eigenvalue weighted by atomic mass is 10.2. The Morgan fingerprint density at radius 2 is 2.21 bits per heavy atom. The number of aliphatic imine (C=N–C) groups is 1. The smallest absolute Gasteiger partial charge is 0.191 e. The Morgan fingerprint density at radius 3 is 3.07 bits per heavy atom. The summed E-state index contributed by atoms with van der Waals surface area (Å²) in [5, 5.41) is 15.5. The highest BCUT2D eigenvalue weighted by Gasteiger charge is 2.15. The lowest BCUT2D eigenvalue weighted by molar-refractivity contribution is 0.0171. The molecule has 8 heteroatoms. The standard InChI is InChI=1S/C20H36N6O2/c1-2-21-20(22-11-7-14-27-16-17-8-6-15-28-17)23-12-10-19-25-24-18-9-4-3-5-13-26(18)19/h17H,2-16H2,1H3,(H2,21,22,23). The predicted molar refractivity (Wildman–Crippen MR) is 110 cm³/mol. The van der Waals surface area contributed by atoms with Crippen molar-refractivity contribution in [2.75, 3.05) is 39.5 Å². The Labute approximate surface area is 168 Å². The fourth-order valence-corrected chi connectivity index (χ4v) is 3.71. The highest BCUT2D eigenvalue weighted by molar-refractivity contribution is 5.79. The summed E-state index contributed by atoms with van der Waals surface area (Å²) in [6.45, 7) is 7.87. The molecular formula is C20H36N6O2. The van der Waals surface area contributed by atoms with E-state index in [-0.39, 0.29) is 0 Å². The zero-order chi connectivity index (χ0) is 19.4. The van der Waals surface area contributed by atoms with Crippen molar-refractivity contribution in [1.29, 1.82) is 0 Å². The Balaban J connectivity index is 1.34. The molecule has 0 bridgehead atoms. The van der Waals surface area contributed by atoms with Gasteiger partial charge in [0.05, 0.1) is 12.7 Å². The number of aromatic nitrogens is 3. The van der Waals surface area contributed by atoms with Crippen LogP contribution in [0.2, 0.25) is 0 Å². The van der Waals surface area contributed by atoms with Gasteiger partial charge < -0.3 is 24.7 Å². The van der Waals surface area contributed by atoms with E-state index in [4.69, 9.17) is 9.47 Å². The van der Waals surface area contributed by atoms with Gasteiger partial charge in [-0.15, -0.1) is 10.2 Å². The fourth-order valence-electron chi connectivity index (χ4n) is 3.71. The third kappa shape index (κ3) is 6.74. The summed E-state index contributed by atoms with van der Waals surface area (Å²) in [7, 11) is 0. The molecule has 1 aromatic heterocycles. The minimum Gasteiger partial charge on any atom is -0.379 e. The summed E-state index contributed by atoms with van der Waals surface area (Å²) < 4.78 is 13.6. The van der Waals surface area contributed by atoms with Crippen LogP contribution in [0, 0.1) is 0 Å². The monoisotopic (exact) mass is 392 g/mol. The molecular weight excluding hydrogens is 356 g/mol. The van der Waals surface area contributed by atoms with Crippen LogP contribution in [0.4, 0.5) is 0 Å². The molecule has 0 aromatic carbocycles. The van der Waals surface area contributed by atoms with E-state index < -0.39 is 0 Å². The van der Waals surface area contributed by atoms with Crippen molar-refractivity contribution >= 4 is 5.96 Å². The van der Waals surface area contributed by atoms with Crippen LogP contribution in [-0.2, 0) is 28.9 Å². The maximum atomic E-state index is 5.70. The summed E-state index contributed by atoms with van der Waals surface area (Å²) in [5.74, 6) is 3.09. The normalized spacial score (nSPS) is 20.0. The van der Waals surface area contributed by atoms with Gasteiger partial charge in [0, 0.05) is 52.2 Å². The van der Waals surface area contributed by atoms with Crippen molar-refractivity contribution in [2.45, 2.75) is 70.9 Å². The second-order valence-corrected chi connectivity index (χ2v) is 7.50. The van der Waals surface area contributed by atoms with Crippen molar-refractivity contribution in [3.63, 3.8) is 0 Å². The van der Waals surface area contributed by atoms with Crippen molar-refractivity contribution in [3.05, 3.63) is 11.6 Å². The van der Waals surface area contributed by atoms with E-state index in [9.17, 15) is 0 Å². The molecule has 0 saturated carbocycles. The first-order chi connectivity index (χ1) is 13.9. The summed E-state index contributed by atoms with van der Waals surface area (Å²) in [5.41, 5.74) is 0. The topological polar surface area (TPSA) is 85.6 Å². The van der Waals surface area contributed by atoms with E-state index >= 15 is 0 Å². The van der Waals surface area contributed by atoms with Crippen LogP contribution >= 0.6 is 0 Å². The first-order valence-corrected chi connectivity index (χ1v) is 11.0. The van der Waals surface area contributed by atoms with Gasteiger partial charge in [-0.3, -0.25) is 4.99 Å². The second-order valence-electron chi connectivity index (χ2n) is 7.50. The van der Waals surface area contributed by atoms with Gasteiger partial charge in [0.1, 0.15) is 11.6 Å². The van der Waals surface area contributed by atoms with Gasteiger partial charge in [-0.05, 0) is 39.0 Å². The zero-order valence-electron chi connectivity index (χ0n) is 17.3. The fraction of sp³-hybridized carbons (Fsp3) is 0.850. The van der Waals surface area contributed by atoms with Gasteiger partial charge in [0.2, 0.25) is 0 Å². The largest absolute Gasteiger partial charge is 0.379 e. The predicted octanol–water partition coefficient (Wildman–Crippen LogP) is 1.69. The van der Waals surface area contributed by atoms with Gasteiger partial charge in [-0.1, -0.05) is 6.42 Å². The molecule has 0 spiro atoms. The van der Waals surface area contributed by atoms with Crippen molar-refractivity contribution in [2.24, 2.45) is 4.99 Å². The van der Waals surface area contributed by atoms with Crippen LogP contribution in [0.3, 0.4) is 0 Å². The number of nitrogens with one attached hydrogen (secondary N) is 2. The molecule has 28 heavy (non-hydrogen) atoms. The lowest BCUT2D eigenvalue weighted by Gasteiger charge is -2.12. The number of fused-ring (bicyclic) bond motifs is 1. The molecule has 8 nitrogen and oxygen atoms in total. The van der Waals surface area contributed by atoms with Crippen molar-refractivity contribution in [1.82, 2.24) is 25.4 Å². The van der Waals surface area contributed by atoms with E-state index in [2.05, 4.69) is 37.3 Å². The van der Waals surface area contributed by atoms with Crippen LogP contribution in [0.5, 0.6) is 0 Å². The van der Waals surface area contributed by atoms with Crippen molar-refractivity contribution < 1.29 is 9.47 Å². The molecule has 0 amide bonds. The quantitative estimate of drug-likeness (QED) is 0.358. The van der Waals surface area contributed by atoms with E-state index in [0.29, 0.717) is 12.7 Å². The molecule has 1 saturated heterocycles. The number of aryl methyl sites for hydroxylation is 1. The van der Waals surface area contributed by atoms with Crippen LogP contribution in [-0.4, -0.2) is 66.3 Å². The number of guanidine groups is 1. The van der Waals surface area contributed by atoms with Gasteiger partial charge in [0.15, 0.2) is 5.96 Å². The van der Waals surface area contributed by atoms with E-state index in [0.717, 1.165) is 89.1 Å². The molecule has 1 fully saturated rings. The maximum Gasteiger partial charge on any atom is 0.191 e. The number of hydrogen-bond donors (Lipinski definition) is 2. The van der Waals surface area contributed by atoms with Gasteiger partial charge >= 0.3 is 0 Å². The van der Waals surface area contributed by atoms with Gasteiger partial charge in [0.25, 0.3) is 0 Å². The third-order valence-electron chi connectivity index (χ3n) is 5.22. The molecule has 1 atom stereocenters. The average molecular weight is 393 g/mol. The second kappa shape index (κ2) is 12.0. The Bertz CT molecular complexity index is 598. The van der Waals surface area contributed by atoms with Gasteiger partial charge in [-0.25, -0.2) is 0 Å². The van der Waals surface area contributed by atoms with Crippen LogP contribution in [0.25, 0.3) is 0 Å². The number of nitrogens with zero attached hydrogens (tertiary/aromatic N) is 4. The van der Waals surface area contributed by atoms with Crippen LogP contribution in [0.1, 0.15) is 57.1 Å². The van der Waals surface area contributed by atoms with Gasteiger partial charge in [-0.2, -0.15) is 0 Å². The van der Waals surface area contributed by atoms with E-state index in [1.165, 1.54) is 19.3 Å². The van der Waals surface area contributed by atoms with E-state index in [1.54, 1.807) is 0 Å². The summed E-state index contributed by atoms with van der Waals surface area (Å²) in [4.78, 5) is 4.64. The molecule has 3 rings (SSSR count). The molecule has 1 aromatic rings. The van der Waals surface area contributed by atoms with Crippen molar-refractivity contribution in [3.8, 4) is 0 Å². The molecule has 3 heterocycles. The number of hydrogen-bond acceptors (Lipinski definition) is 5. The first kappa shape index (κ1) is 21.0. The lowest BCUT2D eigenvalue weighted by Crippen LogP contribution is -2.38. The van der Waals surface area contributed by atoms with Crippen LogP contribution in [0.15, 0.2) is 4.99 Å². The maximum absolute atomic E-state index is 5.70. The molecule has 2 aliphatic rings. The SMILES string of the molecule is CCNC(=NCCCOCC1CCCO1)NCCc1nnc2n1CCCCC2. The summed E-state index contributed by atoms with van der Waals surface area (Å²) in [6.07, 6.45) is 9.16. The number of rotatable bonds is 10.